The molecule has 0 radical (unpaired) electrons. The van der Waals surface area contributed by atoms with E-state index < -0.39 is 0 Å². The fourth-order valence-electron chi connectivity index (χ4n) is 4.47. The number of aliphatic hydroxyl groups excluding tert-OH is 1. The molecular formula is C26H30N2O4. The smallest absolute Gasteiger partial charge is 0.282 e. The van der Waals surface area contributed by atoms with Crippen LogP contribution in [-0.4, -0.2) is 48.1 Å². The maximum absolute atomic E-state index is 13.7. The fourth-order valence-corrected chi connectivity index (χ4v) is 4.47. The Labute approximate surface area is 189 Å². The Bertz CT molecular complexity index is 1060. The van der Waals surface area contributed by atoms with E-state index in [1.807, 2.05) is 68.1 Å². The lowest BCUT2D eigenvalue weighted by atomic mass is 9.97. The zero-order valence-corrected chi connectivity index (χ0v) is 18.9. The second-order valence-corrected chi connectivity index (χ2v) is 8.53. The molecule has 32 heavy (non-hydrogen) atoms. The molecule has 0 spiro atoms. The first-order valence-electron chi connectivity index (χ1n) is 11.2. The first kappa shape index (κ1) is 22.1. The second-order valence-electron chi connectivity index (χ2n) is 8.53. The fraction of sp³-hybridized carbons (Fsp3) is 0.385. The van der Waals surface area contributed by atoms with Crippen molar-refractivity contribution in [2.75, 3.05) is 31.2 Å². The van der Waals surface area contributed by atoms with E-state index in [9.17, 15) is 14.7 Å². The summed E-state index contributed by atoms with van der Waals surface area (Å²) in [6, 6.07) is 13.0. The highest BCUT2D eigenvalue weighted by Gasteiger charge is 2.43. The van der Waals surface area contributed by atoms with Gasteiger partial charge in [0, 0.05) is 19.7 Å². The van der Waals surface area contributed by atoms with Crippen molar-refractivity contribution in [3.05, 3.63) is 64.9 Å². The van der Waals surface area contributed by atoms with E-state index >= 15 is 0 Å². The third-order valence-corrected chi connectivity index (χ3v) is 6.36. The monoisotopic (exact) mass is 434 g/mol. The molecule has 0 saturated carbocycles. The average Bonchev–Trinajstić information content (AvgIpc) is 3.06. The molecule has 2 aromatic rings. The maximum atomic E-state index is 13.7. The molecule has 2 heterocycles. The minimum Gasteiger partial charge on any atom is -0.494 e. The molecule has 0 aromatic heterocycles. The second kappa shape index (κ2) is 9.17. The van der Waals surface area contributed by atoms with E-state index in [0.717, 1.165) is 29.7 Å². The van der Waals surface area contributed by atoms with Crippen molar-refractivity contribution in [3.63, 3.8) is 0 Å². The Morgan fingerprint density at radius 3 is 2.44 bits per heavy atom. The molecule has 4 rings (SSSR count). The van der Waals surface area contributed by atoms with Crippen LogP contribution in [0, 0.1) is 19.8 Å². The number of carbonyl (C=O) groups is 2. The molecule has 1 saturated heterocycles. The third-order valence-electron chi connectivity index (χ3n) is 6.36. The highest BCUT2D eigenvalue weighted by atomic mass is 16.5. The van der Waals surface area contributed by atoms with Crippen LogP contribution in [0.1, 0.15) is 36.5 Å². The summed E-state index contributed by atoms with van der Waals surface area (Å²) < 4.78 is 5.54. The zero-order chi connectivity index (χ0) is 22.8. The molecule has 6 heteroatoms. The van der Waals surface area contributed by atoms with Gasteiger partial charge < -0.3 is 14.7 Å². The van der Waals surface area contributed by atoms with Crippen LogP contribution in [0.5, 0.6) is 5.75 Å². The molecule has 168 valence electrons. The van der Waals surface area contributed by atoms with Gasteiger partial charge in [-0.25, -0.2) is 4.90 Å². The van der Waals surface area contributed by atoms with Crippen LogP contribution in [0.4, 0.5) is 5.69 Å². The Morgan fingerprint density at radius 1 is 1.03 bits per heavy atom. The third kappa shape index (κ3) is 4.02. The number of anilines is 1. The first-order valence-corrected chi connectivity index (χ1v) is 11.2. The summed E-state index contributed by atoms with van der Waals surface area (Å²) in [4.78, 5) is 30.6. The van der Waals surface area contributed by atoms with Gasteiger partial charge in [0.2, 0.25) is 0 Å². The highest BCUT2D eigenvalue weighted by Crippen LogP contribution is 2.37. The number of likely N-dealkylation sites (tertiary alicyclic amines) is 1. The molecule has 0 bridgehead atoms. The number of ether oxygens (including phenoxy) is 1. The van der Waals surface area contributed by atoms with Crippen LogP contribution in [0.15, 0.2) is 48.2 Å². The van der Waals surface area contributed by atoms with E-state index in [1.54, 1.807) is 0 Å². The predicted molar refractivity (Wildman–Crippen MR) is 124 cm³/mol. The van der Waals surface area contributed by atoms with Gasteiger partial charge in [0.1, 0.15) is 11.4 Å². The van der Waals surface area contributed by atoms with Crippen molar-refractivity contribution >= 4 is 23.1 Å². The van der Waals surface area contributed by atoms with Gasteiger partial charge in [0.15, 0.2) is 0 Å². The number of rotatable bonds is 6. The van der Waals surface area contributed by atoms with E-state index in [-0.39, 0.29) is 24.3 Å². The van der Waals surface area contributed by atoms with E-state index in [1.165, 1.54) is 4.90 Å². The maximum Gasteiger partial charge on any atom is 0.282 e. The number of hydrogen-bond acceptors (Lipinski definition) is 5. The molecule has 1 atom stereocenters. The van der Waals surface area contributed by atoms with Gasteiger partial charge in [-0.15, -0.1) is 0 Å². The summed E-state index contributed by atoms with van der Waals surface area (Å²) >= 11 is 0. The van der Waals surface area contributed by atoms with Gasteiger partial charge in [-0.05, 0) is 80.5 Å². The number of aryl methyl sites for hydroxylation is 2. The molecule has 2 aromatic carbocycles. The van der Waals surface area contributed by atoms with Crippen molar-refractivity contribution in [2.24, 2.45) is 5.92 Å². The van der Waals surface area contributed by atoms with E-state index in [4.69, 9.17) is 4.74 Å². The van der Waals surface area contributed by atoms with Crippen molar-refractivity contribution in [1.82, 2.24) is 4.90 Å². The normalized spacial score (nSPS) is 19.2. The molecule has 2 aliphatic rings. The number of amides is 2. The standard InChI is InChI=1S/C26H30N2O4/c1-4-32-22-11-8-20(9-12-22)23-24(27-13-5-6-19(15-27)16-29)26(31)28(25(23)30)21-10-7-17(2)18(3)14-21/h7-12,14,19,29H,4-6,13,15-16H2,1-3H3. The van der Waals surface area contributed by atoms with Gasteiger partial charge in [-0.1, -0.05) is 18.2 Å². The van der Waals surface area contributed by atoms with Gasteiger partial charge in [-0.2, -0.15) is 0 Å². The molecule has 1 fully saturated rings. The lowest BCUT2D eigenvalue weighted by Crippen LogP contribution is -2.40. The van der Waals surface area contributed by atoms with Crippen molar-refractivity contribution in [1.29, 1.82) is 0 Å². The average molecular weight is 435 g/mol. The van der Waals surface area contributed by atoms with Crippen LogP contribution < -0.4 is 9.64 Å². The van der Waals surface area contributed by atoms with Crippen LogP contribution in [-0.2, 0) is 9.59 Å². The summed E-state index contributed by atoms with van der Waals surface area (Å²) in [6.45, 7) is 7.78. The zero-order valence-electron chi connectivity index (χ0n) is 18.9. The van der Waals surface area contributed by atoms with Gasteiger partial charge >= 0.3 is 0 Å². The molecular weight excluding hydrogens is 404 g/mol. The summed E-state index contributed by atoms with van der Waals surface area (Å²) in [5.41, 5.74) is 4.24. The Balaban J connectivity index is 1.79. The lowest BCUT2D eigenvalue weighted by Gasteiger charge is -2.34. The molecule has 6 nitrogen and oxygen atoms in total. The van der Waals surface area contributed by atoms with Crippen LogP contribution in [0.3, 0.4) is 0 Å². The topological polar surface area (TPSA) is 70.1 Å². The van der Waals surface area contributed by atoms with Gasteiger partial charge in [0.05, 0.1) is 17.9 Å². The van der Waals surface area contributed by atoms with Crippen molar-refractivity contribution in [2.45, 2.75) is 33.6 Å². The van der Waals surface area contributed by atoms with E-state index in [0.29, 0.717) is 42.2 Å². The minimum absolute atomic E-state index is 0.0746. The van der Waals surface area contributed by atoms with Crippen LogP contribution in [0.25, 0.3) is 5.57 Å². The summed E-state index contributed by atoms with van der Waals surface area (Å²) in [5.74, 6) is 0.195. The SMILES string of the molecule is CCOc1ccc(C2=C(N3CCCC(CO)C3)C(=O)N(c3ccc(C)c(C)c3)C2=O)cc1. The van der Waals surface area contributed by atoms with Crippen LogP contribution >= 0.6 is 0 Å². The number of hydrogen-bond donors (Lipinski definition) is 1. The highest BCUT2D eigenvalue weighted by molar-refractivity contribution is 6.45. The van der Waals surface area contributed by atoms with Gasteiger partial charge in [-0.3, -0.25) is 9.59 Å². The molecule has 2 aliphatic heterocycles. The summed E-state index contributed by atoms with van der Waals surface area (Å²) in [7, 11) is 0. The number of benzene rings is 2. The number of imide groups is 1. The quantitative estimate of drug-likeness (QED) is 0.703. The number of nitrogens with zero attached hydrogens (tertiary/aromatic N) is 2. The summed E-state index contributed by atoms with van der Waals surface area (Å²) in [6.07, 6.45) is 1.79. The molecule has 0 aliphatic carbocycles. The number of piperidine rings is 1. The number of carbonyl (C=O) groups excluding carboxylic acids is 2. The molecule has 1 unspecified atom stereocenters. The van der Waals surface area contributed by atoms with Crippen molar-refractivity contribution < 1.29 is 19.4 Å². The van der Waals surface area contributed by atoms with Crippen LogP contribution in [0.2, 0.25) is 0 Å². The first-order chi connectivity index (χ1) is 15.4. The Kier molecular flexibility index (Phi) is 6.33. The molecule has 2 amide bonds. The largest absolute Gasteiger partial charge is 0.494 e. The van der Waals surface area contributed by atoms with E-state index in [2.05, 4.69) is 0 Å². The van der Waals surface area contributed by atoms with Gasteiger partial charge in [0.25, 0.3) is 11.8 Å². The molecule has 1 N–H and O–H groups in total. The Hall–Kier alpha value is -3.12. The van der Waals surface area contributed by atoms with Crippen molar-refractivity contribution in [3.8, 4) is 5.75 Å². The minimum atomic E-state index is -0.316. The Morgan fingerprint density at radius 2 is 1.78 bits per heavy atom. The predicted octanol–water partition coefficient (Wildman–Crippen LogP) is 3.69. The number of aliphatic hydroxyl groups is 1. The lowest BCUT2D eigenvalue weighted by molar-refractivity contribution is -0.120. The summed E-state index contributed by atoms with van der Waals surface area (Å²) in [5, 5.41) is 9.70.